The van der Waals surface area contributed by atoms with Crippen LogP contribution in [0.1, 0.15) is 16.2 Å². The highest BCUT2D eigenvalue weighted by Crippen LogP contribution is 2.17. The largest absolute Gasteiger partial charge is 0.350 e. The molecule has 3 aromatic rings. The molecule has 0 atom stereocenters. The van der Waals surface area contributed by atoms with Crippen LogP contribution in [-0.2, 0) is 6.54 Å². The number of aryl methyl sites for hydroxylation is 1. The molecule has 0 saturated heterocycles. The summed E-state index contributed by atoms with van der Waals surface area (Å²) in [5.41, 5.74) is 1.77. The zero-order chi connectivity index (χ0) is 16.9. The Hall–Kier alpha value is -3.02. The van der Waals surface area contributed by atoms with Gasteiger partial charge in [-0.05, 0) is 31.2 Å². The number of nitrogens with one attached hydrogen (secondary N) is 1. The van der Waals surface area contributed by atoms with Crippen molar-refractivity contribution in [1.29, 1.82) is 0 Å². The van der Waals surface area contributed by atoms with E-state index < -0.39 is 0 Å². The molecule has 24 heavy (non-hydrogen) atoms. The fraction of sp³-hybridized carbons (Fsp3) is 0.167. The van der Waals surface area contributed by atoms with Crippen LogP contribution >= 0.6 is 0 Å². The van der Waals surface area contributed by atoms with Gasteiger partial charge in [0.05, 0.1) is 11.3 Å². The number of amides is 1. The first kappa shape index (κ1) is 15.9. The van der Waals surface area contributed by atoms with E-state index in [2.05, 4.69) is 15.3 Å². The first-order chi connectivity index (χ1) is 11.6. The summed E-state index contributed by atoms with van der Waals surface area (Å²) in [6.07, 6.45) is 5.10. The molecule has 6 heteroatoms. The SMILES string of the molecule is Cc1nccn1CCNC(=O)c1ccc(-c2cccc(F)c2)nc1. The van der Waals surface area contributed by atoms with Crippen LogP contribution in [0.15, 0.2) is 55.0 Å². The van der Waals surface area contributed by atoms with E-state index in [1.54, 1.807) is 30.5 Å². The van der Waals surface area contributed by atoms with E-state index in [0.717, 1.165) is 5.82 Å². The molecule has 0 saturated carbocycles. The molecule has 5 nitrogen and oxygen atoms in total. The minimum absolute atomic E-state index is 0.189. The third-order valence-electron chi connectivity index (χ3n) is 3.71. The van der Waals surface area contributed by atoms with Crippen molar-refractivity contribution in [3.63, 3.8) is 0 Å². The van der Waals surface area contributed by atoms with Gasteiger partial charge in [-0.3, -0.25) is 9.78 Å². The van der Waals surface area contributed by atoms with Gasteiger partial charge < -0.3 is 9.88 Å². The number of carbonyl (C=O) groups excluding carboxylic acids is 1. The van der Waals surface area contributed by atoms with Gasteiger partial charge >= 0.3 is 0 Å². The minimum Gasteiger partial charge on any atom is -0.350 e. The Morgan fingerprint density at radius 1 is 1.25 bits per heavy atom. The molecule has 1 N–H and O–H groups in total. The second kappa shape index (κ2) is 7.04. The summed E-state index contributed by atoms with van der Waals surface area (Å²) in [4.78, 5) is 20.5. The number of imidazole rings is 1. The number of benzene rings is 1. The first-order valence-corrected chi connectivity index (χ1v) is 7.61. The Labute approximate surface area is 139 Å². The van der Waals surface area contributed by atoms with Crippen LogP contribution in [0.25, 0.3) is 11.3 Å². The molecule has 0 unspecified atom stereocenters. The average Bonchev–Trinajstić information content (AvgIpc) is 3.00. The molecule has 3 rings (SSSR count). The van der Waals surface area contributed by atoms with Crippen molar-refractivity contribution in [3.8, 4) is 11.3 Å². The van der Waals surface area contributed by atoms with Crippen molar-refractivity contribution >= 4 is 5.91 Å². The molecular weight excluding hydrogens is 307 g/mol. The summed E-state index contributed by atoms with van der Waals surface area (Å²) in [7, 11) is 0. The molecule has 0 spiro atoms. The Balaban J connectivity index is 1.60. The van der Waals surface area contributed by atoms with Crippen LogP contribution in [0.2, 0.25) is 0 Å². The van der Waals surface area contributed by atoms with Crippen LogP contribution in [0.3, 0.4) is 0 Å². The molecule has 0 bridgehead atoms. The van der Waals surface area contributed by atoms with Crippen molar-refractivity contribution in [2.75, 3.05) is 6.54 Å². The lowest BCUT2D eigenvalue weighted by molar-refractivity contribution is 0.0952. The van der Waals surface area contributed by atoms with Crippen LogP contribution in [0.5, 0.6) is 0 Å². The molecule has 0 aliphatic rings. The summed E-state index contributed by atoms with van der Waals surface area (Å²) in [5.74, 6) is 0.405. The molecule has 0 fully saturated rings. The lowest BCUT2D eigenvalue weighted by Gasteiger charge is -2.08. The molecule has 1 amide bonds. The summed E-state index contributed by atoms with van der Waals surface area (Å²) in [6.45, 7) is 3.07. The van der Waals surface area contributed by atoms with Gasteiger partial charge in [-0.15, -0.1) is 0 Å². The predicted octanol–water partition coefficient (Wildman–Crippen LogP) is 2.82. The Morgan fingerprint density at radius 3 is 2.79 bits per heavy atom. The van der Waals surface area contributed by atoms with Crippen molar-refractivity contribution in [2.45, 2.75) is 13.5 Å². The zero-order valence-corrected chi connectivity index (χ0v) is 13.2. The van der Waals surface area contributed by atoms with E-state index in [4.69, 9.17) is 0 Å². The van der Waals surface area contributed by atoms with Gasteiger partial charge in [-0.25, -0.2) is 9.37 Å². The molecule has 0 aliphatic heterocycles. The van der Waals surface area contributed by atoms with Gasteiger partial charge in [-0.1, -0.05) is 12.1 Å². The number of aromatic nitrogens is 3. The van der Waals surface area contributed by atoms with Crippen molar-refractivity contribution in [1.82, 2.24) is 19.9 Å². The van der Waals surface area contributed by atoms with Gasteiger partial charge in [0.1, 0.15) is 11.6 Å². The third kappa shape index (κ3) is 3.65. The number of nitrogens with zero attached hydrogens (tertiary/aromatic N) is 3. The summed E-state index contributed by atoms with van der Waals surface area (Å²) in [5, 5.41) is 2.85. The fourth-order valence-electron chi connectivity index (χ4n) is 2.38. The number of carbonyl (C=O) groups is 1. The minimum atomic E-state index is -0.314. The molecular formula is C18H17FN4O. The number of rotatable bonds is 5. The number of hydrogen-bond acceptors (Lipinski definition) is 3. The summed E-state index contributed by atoms with van der Waals surface area (Å²) < 4.78 is 15.2. The first-order valence-electron chi connectivity index (χ1n) is 7.61. The Kier molecular flexibility index (Phi) is 4.65. The molecule has 2 heterocycles. The molecule has 2 aromatic heterocycles. The lowest BCUT2D eigenvalue weighted by Crippen LogP contribution is -2.27. The van der Waals surface area contributed by atoms with Crippen molar-refractivity contribution in [2.24, 2.45) is 0 Å². The highest BCUT2D eigenvalue weighted by molar-refractivity contribution is 5.94. The molecule has 1 aromatic carbocycles. The topological polar surface area (TPSA) is 59.8 Å². The Bertz CT molecular complexity index is 842. The second-order valence-electron chi connectivity index (χ2n) is 5.37. The standard InChI is InChI=1S/C18H17FN4O/c1-13-20-7-9-23(13)10-8-21-18(24)15-5-6-17(22-12-15)14-3-2-4-16(19)11-14/h2-7,9,11-12H,8,10H2,1H3,(H,21,24). The lowest BCUT2D eigenvalue weighted by atomic mass is 10.1. The van der Waals surface area contributed by atoms with Crippen LogP contribution in [-0.4, -0.2) is 27.0 Å². The van der Waals surface area contributed by atoms with E-state index in [1.807, 2.05) is 17.7 Å². The van der Waals surface area contributed by atoms with Gasteiger partial charge in [0, 0.05) is 37.2 Å². The van der Waals surface area contributed by atoms with E-state index in [9.17, 15) is 9.18 Å². The fourth-order valence-corrected chi connectivity index (χ4v) is 2.38. The van der Waals surface area contributed by atoms with Gasteiger partial charge in [0.25, 0.3) is 5.91 Å². The molecule has 0 aliphatic carbocycles. The van der Waals surface area contributed by atoms with Crippen LogP contribution in [0, 0.1) is 12.7 Å². The van der Waals surface area contributed by atoms with E-state index >= 15 is 0 Å². The number of hydrogen-bond donors (Lipinski definition) is 1. The normalized spacial score (nSPS) is 10.6. The maximum atomic E-state index is 13.2. The highest BCUT2D eigenvalue weighted by atomic mass is 19.1. The van der Waals surface area contributed by atoms with Crippen molar-refractivity contribution in [3.05, 3.63) is 72.2 Å². The second-order valence-corrected chi connectivity index (χ2v) is 5.37. The van der Waals surface area contributed by atoms with Crippen molar-refractivity contribution < 1.29 is 9.18 Å². The van der Waals surface area contributed by atoms with E-state index in [-0.39, 0.29) is 11.7 Å². The number of pyridine rings is 1. The predicted molar refractivity (Wildman–Crippen MR) is 88.9 cm³/mol. The molecule has 122 valence electrons. The summed E-state index contributed by atoms with van der Waals surface area (Å²) in [6, 6.07) is 9.60. The van der Waals surface area contributed by atoms with Gasteiger partial charge in [0.2, 0.25) is 0 Å². The smallest absolute Gasteiger partial charge is 0.252 e. The highest BCUT2D eigenvalue weighted by Gasteiger charge is 2.07. The van der Waals surface area contributed by atoms with Gasteiger partial charge in [0.15, 0.2) is 0 Å². The maximum Gasteiger partial charge on any atom is 0.252 e. The molecule has 0 radical (unpaired) electrons. The number of halogens is 1. The third-order valence-corrected chi connectivity index (χ3v) is 3.71. The Morgan fingerprint density at radius 2 is 2.12 bits per heavy atom. The van der Waals surface area contributed by atoms with Crippen LogP contribution < -0.4 is 5.32 Å². The average molecular weight is 324 g/mol. The zero-order valence-electron chi connectivity index (χ0n) is 13.2. The van der Waals surface area contributed by atoms with E-state index in [1.165, 1.54) is 18.3 Å². The quantitative estimate of drug-likeness (QED) is 0.785. The maximum absolute atomic E-state index is 13.2. The monoisotopic (exact) mass is 324 g/mol. The van der Waals surface area contributed by atoms with Crippen LogP contribution in [0.4, 0.5) is 4.39 Å². The van der Waals surface area contributed by atoms with E-state index in [0.29, 0.717) is 29.9 Å². The summed E-state index contributed by atoms with van der Waals surface area (Å²) >= 11 is 0. The van der Waals surface area contributed by atoms with Gasteiger partial charge in [-0.2, -0.15) is 0 Å².